The quantitative estimate of drug-likeness (QED) is 0.318. The average molecular weight is 406 g/mol. The maximum absolute atomic E-state index is 4.84. The standard InChI is InChI=1S/C28H27N3/c1-5-25-28(30-27-15-7-6-14-26(27)29-25)17-16-22(4)31(23-12-8-10-20(2)18-23)24-13-9-11-21(3)19-24/h6-19H,4-5H2,1-3H3. The Morgan fingerprint density at radius 1 is 0.839 bits per heavy atom. The minimum absolute atomic E-state index is 0.823. The first-order valence-electron chi connectivity index (χ1n) is 10.6. The second-order valence-electron chi connectivity index (χ2n) is 7.74. The fourth-order valence-electron chi connectivity index (χ4n) is 3.71. The fourth-order valence-corrected chi connectivity index (χ4v) is 3.71. The summed E-state index contributed by atoms with van der Waals surface area (Å²) >= 11 is 0. The number of rotatable bonds is 6. The van der Waals surface area contributed by atoms with Crippen LogP contribution in [-0.4, -0.2) is 9.97 Å². The Morgan fingerprint density at radius 2 is 1.42 bits per heavy atom. The molecule has 4 aromatic rings. The van der Waals surface area contributed by atoms with E-state index in [1.54, 1.807) is 0 Å². The molecule has 0 saturated carbocycles. The van der Waals surface area contributed by atoms with Crippen molar-refractivity contribution in [1.29, 1.82) is 0 Å². The smallest absolute Gasteiger partial charge is 0.0894 e. The van der Waals surface area contributed by atoms with Gasteiger partial charge in [0.25, 0.3) is 0 Å². The van der Waals surface area contributed by atoms with Crippen molar-refractivity contribution in [3.05, 3.63) is 114 Å². The highest BCUT2D eigenvalue weighted by molar-refractivity contribution is 5.76. The van der Waals surface area contributed by atoms with Crippen molar-refractivity contribution in [2.24, 2.45) is 0 Å². The zero-order valence-electron chi connectivity index (χ0n) is 18.3. The molecule has 31 heavy (non-hydrogen) atoms. The SMILES string of the molecule is C=C(C=Cc1nc2ccccc2nc1CC)N(c1cccc(C)c1)c1cccc(C)c1. The lowest BCUT2D eigenvalue weighted by Crippen LogP contribution is -2.14. The van der Waals surface area contributed by atoms with E-state index in [-0.39, 0.29) is 0 Å². The average Bonchev–Trinajstić information content (AvgIpc) is 2.77. The van der Waals surface area contributed by atoms with Crippen LogP contribution in [0.5, 0.6) is 0 Å². The summed E-state index contributed by atoms with van der Waals surface area (Å²) in [6.45, 7) is 10.7. The number of allylic oxidation sites excluding steroid dienone is 1. The lowest BCUT2D eigenvalue weighted by Gasteiger charge is -2.26. The molecular weight excluding hydrogens is 378 g/mol. The van der Waals surface area contributed by atoms with Crippen LogP contribution in [0, 0.1) is 13.8 Å². The second-order valence-corrected chi connectivity index (χ2v) is 7.74. The van der Waals surface area contributed by atoms with Crippen LogP contribution in [0.4, 0.5) is 11.4 Å². The molecule has 0 unspecified atom stereocenters. The predicted octanol–water partition coefficient (Wildman–Crippen LogP) is 7.17. The minimum atomic E-state index is 0.823. The zero-order chi connectivity index (χ0) is 21.8. The van der Waals surface area contributed by atoms with Crippen molar-refractivity contribution >= 4 is 28.5 Å². The second kappa shape index (κ2) is 8.97. The van der Waals surface area contributed by atoms with Gasteiger partial charge in [-0.15, -0.1) is 0 Å². The van der Waals surface area contributed by atoms with Crippen LogP contribution >= 0.6 is 0 Å². The van der Waals surface area contributed by atoms with Gasteiger partial charge >= 0.3 is 0 Å². The minimum Gasteiger partial charge on any atom is -0.311 e. The molecule has 3 aromatic carbocycles. The van der Waals surface area contributed by atoms with Gasteiger partial charge in [0.1, 0.15) is 0 Å². The Kier molecular flexibility index (Phi) is 5.94. The summed E-state index contributed by atoms with van der Waals surface area (Å²) in [5, 5.41) is 0. The number of hydrogen-bond acceptors (Lipinski definition) is 3. The first-order chi connectivity index (χ1) is 15.0. The van der Waals surface area contributed by atoms with Crippen molar-refractivity contribution in [2.75, 3.05) is 4.90 Å². The van der Waals surface area contributed by atoms with Crippen LogP contribution in [-0.2, 0) is 6.42 Å². The molecule has 3 heteroatoms. The van der Waals surface area contributed by atoms with Gasteiger partial charge in [-0.25, -0.2) is 9.97 Å². The van der Waals surface area contributed by atoms with Gasteiger partial charge in [0, 0.05) is 17.1 Å². The predicted molar refractivity (Wildman–Crippen MR) is 132 cm³/mol. The number of nitrogens with zero attached hydrogens (tertiary/aromatic N) is 3. The van der Waals surface area contributed by atoms with E-state index >= 15 is 0 Å². The van der Waals surface area contributed by atoms with E-state index in [1.165, 1.54) is 11.1 Å². The van der Waals surface area contributed by atoms with E-state index in [0.29, 0.717) is 0 Å². The number of aromatic nitrogens is 2. The van der Waals surface area contributed by atoms with E-state index in [9.17, 15) is 0 Å². The Balaban J connectivity index is 1.74. The number of fused-ring (bicyclic) bond motifs is 1. The highest BCUT2D eigenvalue weighted by Crippen LogP contribution is 2.31. The highest BCUT2D eigenvalue weighted by Gasteiger charge is 2.12. The van der Waals surface area contributed by atoms with Crippen molar-refractivity contribution in [3.8, 4) is 0 Å². The normalized spacial score (nSPS) is 11.2. The monoisotopic (exact) mass is 405 g/mol. The molecule has 0 atom stereocenters. The number of para-hydroxylation sites is 2. The highest BCUT2D eigenvalue weighted by atomic mass is 15.1. The van der Waals surface area contributed by atoms with Crippen molar-refractivity contribution in [3.63, 3.8) is 0 Å². The van der Waals surface area contributed by atoms with Crippen molar-refractivity contribution in [1.82, 2.24) is 9.97 Å². The van der Waals surface area contributed by atoms with Crippen LogP contribution in [0.2, 0.25) is 0 Å². The lowest BCUT2D eigenvalue weighted by atomic mass is 10.1. The summed E-state index contributed by atoms with van der Waals surface area (Å²) < 4.78 is 0. The van der Waals surface area contributed by atoms with Gasteiger partial charge in [0.15, 0.2) is 0 Å². The van der Waals surface area contributed by atoms with Gasteiger partial charge in [-0.3, -0.25) is 0 Å². The van der Waals surface area contributed by atoms with Crippen LogP contribution < -0.4 is 4.90 Å². The van der Waals surface area contributed by atoms with Crippen LogP contribution in [0.1, 0.15) is 29.4 Å². The number of benzene rings is 3. The molecule has 154 valence electrons. The number of aryl methyl sites for hydroxylation is 3. The molecule has 0 radical (unpaired) electrons. The summed E-state index contributed by atoms with van der Waals surface area (Å²) in [5.41, 5.74) is 9.15. The van der Waals surface area contributed by atoms with Gasteiger partial charge in [0.2, 0.25) is 0 Å². The van der Waals surface area contributed by atoms with E-state index in [2.05, 4.69) is 80.8 Å². The molecule has 3 nitrogen and oxygen atoms in total. The first kappa shape index (κ1) is 20.5. The van der Waals surface area contributed by atoms with Gasteiger partial charge in [-0.05, 0) is 79.9 Å². The van der Waals surface area contributed by atoms with Gasteiger partial charge in [0.05, 0.1) is 22.4 Å². The Morgan fingerprint density at radius 3 is 1.97 bits per heavy atom. The third-order valence-corrected chi connectivity index (χ3v) is 5.25. The number of anilines is 2. The molecule has 0 spiro atoms. The topological polar surface area (TPSA) is 29.0 Å². The summed E-state index contributed by atoms with van der Waals surface area (Å²) in [6, 6.07) is 24.9. The van der Waals surface area contributed by atoms with Gasteiger partial charge in [-0.2, -0.15) is 0 Å². The molecule has 1 aromatic heterocycles. The molecule has 0 aliphatic rings. The zero-order valence-corrected chi connectivity index (χ0v) is 18.3. The van der Waals surface area contributed by atoms with E-state index in [1.807, 2.05) is 36.4 Å². The van der Waals surface area contributed by atoms with E-state index < -0.39 is 0 Å². The molecular formula is C28H27N3. The lowest BCUT2D eigenvalue weighted by molar-refractivity contribution is 1.02. The number of hydrogen-bond donors (Lipinski definition) is 0. The molecule has 0 saturated heterocycles. The molecule has 0 aliphatic heterocycles. The van der Waals surface area contributed by atoms with Crippen LogP contribution in [0.25, 0.3) is 17.1 Å². The largest absolute Gasteiger partial charge is 0.311 e. The maximum Gasteiger partial charge on any atom is 0.0894 e. The van der Waals surface area contributed by atoms with E-state index in [0.717, 1.165) is 45.9 Å². The van der Waals surface area contributed by atoms with Crippen molar-refractivity contribution < 1.29 is 0 Å². The Hall–Kier alpha value is -3.72. The molecule has 0 fully saturated rings. The maximum atomic E-state index is 4.84. The molecule has 0 N–H and O–H groups in total. The Labute approximate surface area is 184 Å². The third kappa shape index (κ3) is 4.56. The molecule has 4 rings (SSSR count). The molecule has 0 aliphatic carbocycles. The third-order valence-electron chi connectivity index (χ3n) is 5.25. The molecule has 1 heterocycles. The summed E-state index contributed by atoms with van der Waals surface area (Å²) in [7, 11) is 0. The van der Waals surface area contributed by atoms with Gasteiger partial charge in [-0.1, -0.05) is 49.9 Å². The summed E-state index contributed by atoms with van der Waals surface area (Å²) in [4.78, 5) is 11.8. The van der Waals surface area contributed by atoms with E-state index in [4.69, 9.17) is 9.97 Å². The molecule has 0 bridgehead atoms. The first-order valence-corrected chi connectivity index (χ1v) is 10.6. The van der Waals surface area contributed by atoms with Gasteiger partial charge < -0.3 is 4.90 Å². The van der Waals surface area contributed by atoms with Crippen LogP contribution in [0.3, 0.4) is 0 Å². The Bertz CT molecular complexity index is 1220. The van der Waals surface area contributed by atoms with Crippen molar-refractivity contribution in [2.45, 2.75) is 27.2 Å². The summed E-state index contributed by atoms with van der Waals surface area (Å²) in [5.74, 6) is 0. The fraction of sp³-hybridized carbons (Fsp3) is 0.143. The van der Waals surface area contributed by atoms with Crippen LogP contribution in [0.15, 0.2) is 91.1 Å². The molecule has 0 amide bonds. The summed E-state index contributed by atoms with van der Waals surface area (Å²) in [6.07, 6.45) is 4.88.